The molecule has 49 heavy (non-hydrogen) atoms. The lowest BCUT2D eigenvalue weighted by Crippen LogP contribution is -2.59. The highest BCUT2D eigenvalue weighted by molar-refractivity contribution is 5.70. The number of rotatable bonds is 29. The molecule has 1 rings (SSSR count). The van der Waals surface area contributed by atoms with Gasteiger partial charge in [0.25, 0.3) is 0 Å². The fourth-order valence-corrected chi connectivity index (χ4v) is 5.18. The average molecular weight is 695 g/mol. The Hall–Kier alpha value is -2.34. The molecule has 1 aliphatic rings. The van der Waals surface area contributed by atoms with Gasteiger partial charge in [-0.3, -0.25) is 9.59 Å². The van der Waals surface area contributed by atoms with Gasteiger partial charge in [-0.15, -0.1) is 0 Å². The Morgan fingerprint density at radius 2 is 1.20 bits per heavy atom. The number of aliphatic hydroxyl groups is 4. The lowest BCUT2D eigenvalue weighted by molar-refractivity contribution is -0.305. The van der Waals surface area contributed by atoms with Gasteiger partial charge in [0, 0.05) is 12.8 Å². The van der Waals surface area contributed by atoms with Crippen molar-refractivity contribution >= 4 is 11.9 Å². The number of aliphatic hydroxyl groups excluding tert-OH is 4. The number of carbonyl (C=O) groups is 2. The summed E-state index contributed by atoms with van der Waals surface area (Å²) in [5.74, 6) is -0.860. The van der Waals surface area contributed by atoms with E-state index in [0.717, 1.165) is 77.0 Å². The Morgan fingerprint density at radius 1 is 0.653 bits per heavy atom. The van der Waals surface area contributed by atoms with Gasteiger partial charge in [-0.05, 0) is 64.2 Å². The molecule has 4 N–H and O–H groups in total. The van der Waals surface area contributed by atoms with E-state index in [-0.39, 0.29) is 26.1 Å². The Morgan fingerprint density at radius 3 is 1.86 bits per heavy atom. The lowest BCUT2D eigenvalue weighted by atomic mass is 9.99. The maximum Gasteiger partial charge on any atom is 0.306 e. The minimum atomic E-state index is -1.60. The molecule has 0 amide bonds. The summed E-state index contributed by atoms with van der Waals surface area (Å²) in [5.41, 5.74) is 0. The number of hydrogen-bond acceptors (Lipinski definition) is 10. The van der Waals surface area contributed by atoms with Crippen molar-refractivity contribution in [1.29, 1.82) is 0 Å². The number of unbranched alkanes of at least 4 members (excludes halogenated alkanes) is 10. The van der Waals surface area contributed by atoms with Crippen molar-refractivity contribution in [1.82, 2.24) is 0 Å². The largest absolute Gasteiger partial charge is 0.462 e. The van der Waals surface area contributed by atoms with E-state index < -0.39 is 55.4 Å². The maximum atomic E-state index is 12.7. The zero-order chi connectivity index (χ0) is 36.0. The van der Waals surface area contributed by atoms with E-state index in [1.165, 1.54) is 12.8 Å². The monoisotopic (exact) mass is 694 g/mol. The van der Waals surface area contributed by atoms with Crippen molar-refractivity contribution < 1.29 is 49.0 Å². The van der Waals surface area contributed by atoms with Crippen LogP contribution in [0, 0.1) is 0 Å². The first kappa shape index (κ1) is 44.7. The second-order valence-electron chi connectivity index (χ2n) is 12.6. The number of hydrogen-bond donors (Lipinski definition) is 4. The van der Waals surface area contributed by atoms with E-state index in [1.54, 1.807) is 0 Å². The van der Waals surface area contributed by atoms with Gasteiger partial charge < -0.3 is 39.4 Å². The number of carbonyl (C=O) groups excluding carboxylic acids is 2. The SMILES string of the molecule is CC/C=C\C/C=C\C/C=C\CCCCCC(=O)OC(COC(=O)CCCCCCC/C=C\CCCC)COC1OC(CO)C(O)C(O)C1O. The van der Waals surface area contributed by atoms with Gasteiger partial charge in [-0.25, -0.2) is 0 Å². The van der Waals surface area contributed by atoms with Crippen LogP contribution in [0.3, 0.4) is 0 Å². The van der Waals surface area contributed by atoms with E-state index in [9.17, 15) is 30.0 Å². The quantitative estimate of drug-likeness (QED) is 0.0386. The van der Waals surface area contributed by atoms with Crippen molar-refractivity contribution in [2.45, 2.75) is 166 Å². The molecule has 1 heterocycles. The normalized spacial score (nSPS) is 22.1. The van der Waals surface area contributed by atoms with Crippen LogP contribution >= 0.6 is 0 Å². The minimum Gasteiger partial charge on any atom is -0.462 e. The van der Waals surface area contributed by atoms with E-state index in [1.807, 2.05) is 0 Å². The molecule has 0 spiro atoms. The highest BCUT2D eigenvalue weighted by Crippen LogP contribution is 2.22. The highest BCUT2D eigenvalue weighted by Gasteiger charge is 2.44. The van der Waals surface area contributed by atoms with Gasteiger partial charge in [0.15, 0.2) is 12.4 Å². The molecule has 0 aromatic rings. The summed E-state index contributed by atoms with van der Waals surface area (Å²) < 4.78 is 22.0. The van der Waals surface area contributed by atoms with E-state index in [0.29, 0.717) is 12.8 Å². The second kappa shape index (κ2) is 30.5. The molecule has 0 aliphatic carbocycles. The molecular formula is C39H66O10. The molecule has 6 unspecified atom stereocenters. The molecular weight excluding hydrogens is 628 g/mol. The Labute approximate surface area is 295 Å². The van der Waals surface area contributed by atoms with Crippen LogP contribution in [0.15, 0.2) is 48.6 Å². The third-order valence-electron chi connectivity index (χ3n) is 8.20. The van der Waals surface area contributed by atoms with Crippen LogP contribution in [0.1, 0.15) is 129 Å². The number of esters is 2. The maximum absolute atomic E-state index is 12.7. The summed E-state index contributed by atoms with van der Waals surface area (Å²) in [4.78, 5) is 25.1. The van der Waals surface area contributed by atoms with Gasteiger partial charge in [-0.1, -0.05) is 101 Å². The van der Waals surface area contributed by atoms with E-state index in [2.05, 4.69) is 62.5 Å². The first-order valence-electron chi connectivity index (χ1n) is 18.7. The topological polar surface area (TPSA) is 152 Å². The lowest BCUT2D eigenvalue weighted by Gasteiger charge is -2.39. The minimum absolute atomic E-state index is 0.191. The molecule has 0 aromatic carbocycles. The molecule has 0 radical (unpaired) electrons. The molecule has 10 nitrogen and oxygen atoms in total. The molecule has 1 fully saturated rings. The van der Waals surface area contributed by atoms with Crippen LogP contribution in [0.25, 0.3) is 0 Å². The molecule has 1 aliphatic heterocycles. The summed E-state index contributed by atoms with van der Waals surface area (Å²) in [5, 5.41) is 39.8. The van der Waals surface area contributed by atoms with Crippen molar-refractivity contribution in [2.75, 3.05) is 19.8 Å². The van der Waals surface area contributed by atoms with Crippen molar-refractivity contribution in [3.63, 3.8) is 0 Å². The first-order valence-corrected chi connectivity index (χ1v) is 18.7. The third kappa shape index (κ3) is 22.9. The Kier molecular flexibility index (Phi) is 27.8. The summed E-state index contributed by atoms with van der Waals surface area (Å²) >= 11 is 0. The zero-order valence-corrected chi connectivity index (χ0v) is 30.2. The number of ether oxygens (including phenoxy) is 4. The van der Waals surface area contributed by atoms with Crippen LogP contribution in [-0.4, -0.2) is 89.0 Å². The fraction of sp³-hybridized carbons (Fsp3) is 0.744. The predicted octanol–water partition coefficient (Wildman–Crippen LogP) is 6.54. The second-order valence-corrected chi connectivity index (χ2v) is 12.6. The van der Waals surface area contributed by atoms with Gasteiger partial charge in [0.2, 0.25) is 0 Å². The van der Waals surface area contributed by atoms with Gasteiger partial charge in [0.05, 0.1) is 13.2 Å². The molecule has 0 saturated carbocycles. The summed E-state index contributed by atoms with van der Waals surface area (Å²) in [6.45, 7) is 3.19. The summed E-state index contributed by atoms with van der Waals surface area (Å²) in [6.07, 6.45) is 25.6. The highest BCUT2D eigenvalue weighted by atomic mass is 16.7. The van der Waals surface area contributed by atoms with Crippen molar-refractivity contribution in [3.05, 3.63) is 48.6 Å². The fourth-order valence-electron chi connectivity index (χ4n) is 5.18. The van der Waals surface area contributed by atoms with Crippen LogP contribution in [0.5, 0.6) is 0 Å². The smallest absolute Gasteiger partial charge is 0.306 e. The van der Waals surface area contributed by atoms with E-state index >= 15 is 0 Å². The van der Waals surface area contributed by atoms with Crippen LogP contribution in [0.4, 0.5) is 0 Å². The molecule has 0 aromatic heterocycles. The van der Waals surface area contributed by atoms with Gasteiger partial charge in [0.1, 0.15) is 31.0 Å². The van der Waals surface area contributed by atoms with Crippen LogP contribution < -0.4 is 0 Å². The Balaban J connectivity index is 2.45. The third-order valence-corrected chi connectivity index (χ3v) is 8.20. The molecule has 282 valence electrons. The number of allylic oxidation sites excluding steroid dienone is 8. The Bertz CT molecular complexity index is 944. The molecule has 10 heteroatoms. The molecule has 1 saturated heterocycles. The van der Waals surface area contributed by atoms with Gasteiger partial charge >= 0.3 is 11.9 Å². The van der Waals surface area contributed by atoms with Crippen LogP contribution in [-0.2, 0) is 28.5 Å². The van der Waals surface area contributed by atoms with Gasteiger partial charge in [-0.2, -0.15) is 0 Å². The molecule has 0 bridgehead atoms. The first-order chi connectivity index (χ1) is 23.8. The summed E-state index contributed by atoms with van der Waals surface area (Å²) in [7, 11) is 0. The zero-order valence-electron chi connectivity index (χ0n) is 30.2. The summed E-state index contributed by atoms with van der Waals surface area (Å²) in [6, 6.07) is 0. The molecule has 6 atom stereocenters. The standard InChI is InChI=1S/C39H66O10/c1-3-5-7-9-11-13-15-16-18-20-22-24-26-28-35(42)48-32(31-47-39-38(45)37(44)36(43)33(29-40)49-39)30-46-34(41)27-25-23-21-19-17-14-12-10-8-6-4-2/h5,7,10-13,16,18,32-33,36-40,43-45H,3-4,6,8-9,14-15,17,19-31H2,1-2H3/b7-5-,12-10-,13-11-,18-16-. The average Bonchev–Trinajstić information content (AvgIpc) is 3.10. The van der Waals surface area contributed by atoms with E-state index in [4.69, 9.17) is 18.9 Å². The predicted molar refractivity (Wildman–Crippen MR) is 192 cm³/mol. The van der Waals surface area contributed by atoms with Crippen LogP contribution in [0.2, 0.25) is 0 Å². The van der Waals surface area contributed by atoms with Crippen molar-refractivity contribution in [3.8, 4) is 0 Å². The van der Waals surface area contributed by atoms with Crippen molar-refractivity contribution in [2.24, 2.45) is 0 Å².